The van der Waals surface area contributed by atoms with Crippen LogP contribution >= 0.6 is 65.3 Å². The van der Waals surface area contributed by atoms with Crippen LogP contribution in [0.3, 0.4) is 0 Å². The SMILES string of the molecule is CC#CC(=O)N1CC(N(C)C(=O)N(C)[C@H](C(=O)N[C@H]2Cc3nc(cs3)-c3ccc4c(c3)c(c(-c3cccnc3[C@H](C)OC)n4CC)CC(C)(C)COC(=O)[C@@H]3CCCN(N3)C2=O)C(C)C)C1.S.S.S.S. The predicted octanol–water partition coefficient (Wildman–Crippen LogP) is 5.90. The predicted molar refractivity (Wildman–Crippen MR) is 294 cm³/mol. The standard InChI is InChI=1S/C49H63N9O7S.4H2S/c1-11-15-41(59)56-25-32(26-56)54(8)48(63)55(9)43(29(3)4)45(60)52-37-23-40-51-38(27-66-40)31-18-19-39-34(22-31)35(44(57(39)12-2)33-16-13-20-50-42(33)30(5)64-10)24-49(6,7)28-65-47(62)36-17-14-21-58(53-36)46(37)61;;;;/h13,16,18-20,22,27,29-30,32,36-37,43,53H,12,14,17,21,23-26,28H2,1-10H3,(H,52,60);4*1H2/t30-,36-,37-,43-;;;;/m0..../s1. The van der Waals surface area contributed by atoms with Crippen LogP contribution in [0.2, 0.25) is 0 Å². The summed E-state index contributed by atoms with van der Waals surface area (Å²) >= 11 is 1.40. The number of hydrogen-bond donors (Lipinski definition) is 2. The number of pyridine rings is 1. The fourth-order valence-electron chi connectivity index (χ4n) is 9.32. The molecular formula is C49H71N9O7S5. The summed E-state index contributed by atoms with van der Waals surface area (Å²) in [6.45, 7) is 15.4. The number of rotatable bonds is 9. The van der Waals surface area contributed by atoms with E-state index in [2.05, 4.69) is 72.2 Å². The Morgan fingerprint density at radius 2 is 1.80 bits per heavy atom. The lowest BCUT2D eigenvalue weighted by Gasteiger charge is -2.45. The van der Waals surface area contributed by atoms with Crippen molar-refractivity contribution in [3.05, 3.63) is 58.2 Å². The summed E-state index contributed by atoms with van der Waals surface area (Å²) in [6, 6.07) is 6.93. The number of ether oxygens (including phenoxy) is 2. The molecule has 2 N–H and O–H groups in total. The molecule has 0 saturated carbocycles. The number of likely N-dealkylation sites (tertiary alicyclic amines) is 1. The van der Waals surface area contributed by atoms with Crippen LogP contribution in [-0.2, 0) is 48.0 Å². The topological polar surface area (TPSA) is 172 Å². The minimum absolute atomic E-state index is 0. The molecular weight excluding hydrogens is 987 g/mol. The molecule has 0 aliphatic carbocycles. The Labute approximate surface area is 444 Å². The first-order valence-corrected chi connectivity index (χ1v) is 23.7. The van der Waals surface area contributed by atoms with Gasteiger partial charge < -0.3 is 34.1 Å². The summed E-state index contributed by atoms with van der Waals surface area (Å²) in [5.41, 5.74) is 9.23. The number of urea groups is 1. The van der Waals surface area contributed by atoms with Crippen molar-refractivity contribution in [2.75, 3.05) is 47.4 Å². The van der Waals surface area contributed by atoms with E-state index in [-0.39, 0.29) is 91.0 Å². The molecule has 3 aliphatic heterocycles. The van der Waals surface area contributed by atoms with Gasteiger partial charge in [0, 0.05) is 92.8 Å². The molecule has 6 heterocycles. The molecule has 3 aromatic heterocycles. The Balaban J connectivity index is 0.00000324. The minimum atomic E-state index is -1.09. The van der Waals surface area contributed by atoms with Crippen LogP contribution in [0.15, 0.2) is 41.9 Å². The van der Waals surface area contributed by atoms with E-state index < -0.39 is 47.4 Å². The van der Waals surface area contributed by atoms with Gasteiger partial charge in [0.15, 0.2) is 0 Å². The molecule has 2 fully saturated rings. The van der Waals surface area contributed by atoms with E-state index >= 15 is 0 Å². The lowest BCUT2D eigenvalue weighted by molar-refractivity contribution is -0.155. The number of cyclic esters (lactones) is 1. The average molecular weight is 1060 g/mol. The molecule has 4 atom stereocenters. The largest absolute Gasteiger partial charge is 0.464 e. The van der Waals surface area contributed by atoms with Crippen molar-refractivity contribution in [3.63, 3.8) is 0 Å². The monoisotopic (exact) mass is 1060 g/mol. The third-order valence-corrected chi connectivity index (χ3v) is 13.9. The number of aromatic nitrogens is 3. The summed E-state index contributed by atoms with van der Waals surface area (Å²) in [5.74, 6) is 3.12. The van der Waals surface area contributed by atoms with Crippen molar-refractivity contribution in [2.45, 2.75) is 111 Å². The van der Waals surface area contributed by atoms with Gasteiger partial charge in [-0.15, -0.1) is 11.3 Å². The Morgan fingerprint density at radius 1 is 1.09 bits per heavy atom. The number of likely N-dealkylation sites (N-methyl/N-ethyl adjacent to an activating group) is 2. The summed E-state index contributed by atoms with van der Waals surface area (Å²) in [7, 11) is 4.91. The molecule has 0 radical (unpaired) electrons. The molecule has 0 spiro atoms. The fraction of sp³-hybridized carbons (Fsp3) is 0.531. The van der Waals surface area contributed by atoms with Crippen LogP contribution < -0.4 is 10.7 Å². The average Bonchev–Trinajstić information content (AvgIpc) is 3.87. The molecule has 4 aromatic rings. The first kappa shape index (κ1) is 59.9. The number of fused-ring (bicyclic) bond motifs is 6. The van der Waals surface area contributed by atoms with Gasteiger partial charge in [0.05, 0.1) is 40.8 Å². The van der Waals surface area contributed by atoms with E-state index in [1.54, 1.807) is 44.1 Å². The zero-order valence-corrected chi connectivity index (χ0v) is 46.6. The molecule has 3 aliphatic rings. The third kappa shape index (κ3) is 12.6. The fourth-order valence-corrected chi connectivity index (χ4v) is 10.2. The maximum atomic E-state index is 14.6. The van der Waals surface area contributed by atoms with Crippen LogP contribution in [0.5, 0.6) is 0 Å². The van der Waals surface area contributed by atoms with Crippen molar-refractivity contribution < 1.29 is 33.4 Å². The number of esters is 1. The minimum Gasteiger partial charge on any atom is -0.464 e. The normalized spacial score (nSPS) is 18.7. The van der Waals surface area contributed by atoms with Gasteiger partial charge in [-0.25, -0.2) is 15.2 Å². The van der Waals surface area contributed by atoms with E-state index in [4.69, 9.17) is 19.4 Å². The summed E-state index contributed by atoms with van der Waals surface area (Å²) in [5, 5.41) is 8.07. The van der Waals surface area contributed by atoms with Crippen LogP contribution in [0.1, 0.15) is 83.7 Å². The second-order valence-corrected chi connectivity index (χ2v) is 19.6. The molecule has 384 valence electrons. The van der Waals surface area contributed by atoms with E-state index in [0.29, 0.717) is 50.4 Å². The number of benzene rings is 1. The smallest absolute Gasteiger partial charge is 0.324 e. The second kappa shape index (κ2) is 25.3. The number of thiazole rings is 1. The van der Waals surface area contributed by atoms with Crippen molar-refractivity contribution in [3.8, 4) is 34.4 Å². The van der Waals surface area contributed by atoms with E-state index in [1.807, 2.05) is 32.2 Å². The van der Waals surface area contributed by atoms with E-state index in [9.17, 15) is 24.0 Å². The van der Waals surface area contributed by atoms with Gasteiger partial charge in [0.1, 0.15) is 18.1 Å². The van der Waals surface area contributed by atoms with Gasteiger partial charge in [-0.2, -0.15) is 54.0 Å². The van der Waals surface area contributed by atoms with Crippen LogP contribution in [0.25, 0.3) is 33.4 Å². The Kier molecular flexibility index (Phi) is 21.6. The number of nitrogens with one attached hydrogen (secondary N) is 2. The Bertz CT molecular complexity index is 2570. The molecule has 0 unspecified atom stereocenters. The lowest BCUT2D eigenvalue weighted by Crippen LogP contribution is -2.65. The Hall–Kier alpha value is -4.43. The van der Waals surface area contributed by atoms with Crippen LogP contribution in [-0.4, -0.2) is 136 Å². The Morgan fingerprint density at radius 3 is 2.46 bits per heavy atom. The molecule has 5 amide bonds. The number of carbonyl (C=O) groups excluding carboxylic acids is 5. The van der Waals surface area contributed by atoms with Gasteiger partial charge in [-0.1, -0.05) is 39.7 Å². The van der Waals surface area contributed by atoms with Crippen molar-refractivity contribution in [1.82, 2.24) is 45.0 Å². The van der Waals surface area contributed by atoms with Crippen molar-refractivity contribution in [1.29, 1.82) is 0 Å². The molecule has 2 saturated heterocycles. The van der Waals surface area contributed by atoms with Gasteiger partial charge in [-0.05, 0) is 81.7 Å². The maximum absolute atomic E-state index is 14.6. The molecule has 21 heteroatoms. The lowest BCUT2D eigenvalue weighted by atomic mass is 9.84. The highest BCUT2D eigenvalue weighted by atomic mass is 32.1. The highest BCUT2D eigenvalue weighted by Gasteiger charge is 2.41. The van der Waals surface area contributed by atoms with Crippen molar-refractivity contribution in [2.24, 2.45) is 11.3 Å². The van der Waals surface area contributed by atoms with Gasteiger partial charge >= 0.3 is 12.0 Å². The highest BCUT2D eigenvalue weighted by molar-refractivity contribution is 7.59. The summed E-state index contributed by atoms with van der Waals surface area (Å²) in [4.78, 5) is 83.5. The maximum Gasteiger partial charge on any atom is 0.324 e. The number of nitrogens with zero attached hydrogens (tertiary/aromatic N) is 7. The first-order valence-electron chi connectivity index (χ1n) is 22.8. The molecule has 70 heavy (non-hydrogen) atoms. The first-order chi connectivity index (χ1) is 31.5. The van der Waals surface area contributed by atoms with Gasteiger partial charge in [0.2, 0.25) is 5.91 Å². The second-order valence-electron chi connectivity index (χ2n) is 18.7. The van der Waals surface area contributed by atoms with Crippen molar-refractivity contribution >= 4 is 106 Å². The zero-order valence-electron chi connectivity index (χ0n) is 41.8. The van der Waals surface area contributed by atoms with E-state index in [1.165, 1.54) is 21.2 Å². The zero-order chi connectivity index (χ0) is 47.6. The molecule has 7 rings (SSSR count). The van der Waals surface area contributed by atoms with E-state index in [0.717, 1.165) is 44.7 Å². The quantitative estimate of drug-likeness (QED) is 0.152. The number of amides is 5. The summed E-state index contributed by atoms with van der Waals surface area (Å²) < 4.78 is 14.2. The van der Waals surface area contributed by atoms with Crippen LogP contribution in [0, 0.1) is 23.2 Å². The molecule has 6 bridgehead atoms. The number of methoxy groups -OCH3 is 1. The van der Waals surface area contributed by atoms with Gasteiger partial charge in [0.25, 0.3) is 11.8 Å². The number of aryl methyl sites for hydroxylation is 1. The van der Waals surface area contributed by atoms with Crippen LogP contribution in [0.4, 0.5) is 4.79 Å². The molecule has 16 nitrogen and oxygen atoms in total. The number of hydrazine groups is 1. The number of hydrogen-bond acceptors (Lipinski definition) is 11. The highest BCUT2D eigenvalue weighted by Crippen LogP contribution is 2.42. The third-order valence-electron chi connectivity index (χ3n) is 13.0. The summed E-state index contributed by atoms with van der Waals surface area (Å²) in [6.07, 6.45) is 3.16. The molecule has 1 aromatic carbocycles. The van der Waals surface area contributed by atoms with Gasteiger partial charge in [-0.3, -0.25) is 29.2 Å². The number of carbonyl (C=O) groups is 5.